The van der Waals surface area contributed by atoms with Gasteiger partial charge in [-0.15, -0.1) is 0 Å². The van der Waals surface area contributed by atoms with E-state index in [0.717, 1.165) is 6.54 Å². The highest BCUT2D eigenvalue weighted by Gasteiger charge is 2.06. The van der Waals surface area contributed by atoms with Gasteiger partial charge in [0.05, 0.1) is 0 Å². The van der Waals surface area contributed by atoms with Crippen LogP contribution in [0.2, 0.25) is 0 Å². The molecule has 0 aromatic carbocycles. The van der Waals surface area contributed by atoms with Crippen LogP contribution in [0.15, 0.2) is 5.10 Å². The molecule has 0 aromatic heterocycles. The zero-order chi connectivity index (χ0) is 8.85. The third kappa shape index (κ3) is 4.10. The fourth-order valence-electron chi connectivity index (χ4n) is 0.716. The molecule has 0 aliphatic rings. The van der Waals surface area contributed by atoms with E-state index in [1.807, 2.05) is 6.26 Å². The molecular formula is C6H16N4S. The third-order valence-electron chi connectivity index (χ3n) is 1.10. The van der Waals surface area contributed by atoms with Crippen LogP contribution in [0.25, 0.3) is 0 Å². The van der Waals surface area contributed by atoms with E-state index in [1.54, 1.807) is 5.01 Å². The van der Waals surface area contributed by atoms with Crippen molar-refractivity contribution < 1.29 is 0 Å². The second-order valence-electron chi connectivity index (χ2n) is 2.66. The van der Waals surface area contributed by atoms with Crippen molar-refractivity contribution in [3.05, 3.63) is 0 Å². The summed E-state index contributed by atoms with van der Waals surface area (Å²) in [7, 11) is 0. The van der Waals surface area contributed by atoms with Crippen LogP contribution >= 0.6 is 11.8 Å². The monoisotopic (exact) mass is 176 g/mol. The molecule has 0 saturated heterocycles. The molecular weight excluding hydrogens is 160 g/mol. The van der Waals surface area contributed by atoms with Crippen LogP contribution in [0.5, 0.6) is 0 Å². The Morgan fingerprint density at radius 2 is 2.18 bits per heavy atom. The lowest BCUT2D eigenvalue weighted by Gasteiger charge is -2.19. The van der Waals surface area contributed by atoms with Gasteiger partial charge in [0.25, 0.3) is 0 Å². The van der Waals surface area contributed by atoms with E-state index in [2.05, 4.69) is 18.9 Å². The molecule has 5 heteroatoms. The molecule has 11 heavy (non-hydrogen) atoms. The Hall–Kier alpha value is -0.420. The summed E-state index contributed by atoms with van der Waals surface area (Å²) in [4.78, 5) is 0. The molecule has 0 amide bonds. The fraction of sp³-hybridized carbons (Fsp3) is 0.833. The van der Waals surface area contributed by atoms with Crippen LogP contribution in [-0.2, 0) is 0 Å². The van der Waals surface area contributed by atoms with Crippen molar-refractivity contribution in [1.29, 1.82) is 0 Å². The first-order chi connectivity index (χ1) is 5.11. The average Bonchev–Trinajstić information content (AvgIpc) is 1.88. The van der Waals surface area contributed by atoms with Crippen LogP contribution in [-0.4, -0.2) is 23.0 Å². The van der Waals surface area contributed by atoms with Gasteiger partial charge in [-0.1, -0.05) is 25.6 Å². The highest BCUT2D eigenvalue weighted by atomic mass is 32.2. The Labute approximate surface area is 72.0 Å². The molecule has 0 heterocycles. The Morgan fingerprint density at radius 3 is 2.45 bits per heavy atom. The molecule has 0 aliphatic heterocycles. The molecule has 4 N–H and O–H groups in total. The van der Waals surface area contributed by atoms with Crippen molar-refractivity contribution in [1.82, 2.24) is 5.01 Å². The number of nitrogens with zero attached hydrogens (tertiary/aromatic N) is 2. The lowest BCUT2D eigenvalue weighted by atomic mass is 10.2. The van der Waals surface area contributed by atoms with Gasteiger partial charge in [0.1, 0.15) is 0 Å². The van der Waals surface area contributed by atoms with E-state index in [1.165, 1.54) is 11.8 Å². The number of amidine groups is 1. The predicted molar refractivity (Wildman–Crippen MR) is 50.9 cm³/mol. The number of hydrogen-bond acceptors (Lipinski definition) is 4. The zero-order valence-electron chi connectivity index (χ0n) is 7.24. The summed E-state index contributed by atoms with van der Waals surface area (Å²) < 4.78 is 0. The predicted octanol–water partition coefficient (Wildman–Crippen LogP) is 0.411. The molecule has 66 valence electrons. The molecule has 4 nitrogen and oxygen atoms in total. The summed E-state index contributed by atoms with van der Waals surface area (Å²) in [6.07, 6.45) is 1.89. The zero-order valence-corrected chi connectivity index (χ0v) is 8.06. The molecule has 0 bridgehead atoms. The summed E-state index contributed by atoms with van der Waals surface area (Å²) in [6, 6.07) is 0. The van der Waals surface area contributed by atoms with E-state index in [9.17, 15) is 0 Å². The average molecular weight is 176 g/mol. The number of hydrogen-bond donors (Lipinski definition) is 2. The van der Waals surface area contributed by atoms with Crippen LogP contribution in [0.3, 0.4) is 0 Å². The standard InChI is InChI=1S/C6H16N4S/c1-5(2)4-10(8)6(9-7)11-3/h5H,4,7-8H2,1-3H3/b9-6+. The van der Waals surface area contributed by atoms with Gasteiger partial charge in [0, 0.05) is 6.54 Å². The molecule has 0 aliphatic carbocycles. The third-order valence-corrected chi connectivity index (χ3v) is 1.81. The summed E-state index contributed by atoms with van der Waals surface area (Å²) in [5, 5.41) is 5.77. The van der Waals surface area contributed by atoms with Crippen molar-refractivity contribution in [2.24, 2.45) is 22.7 Å². The quantitative estimate of drug-likeness (QED) is 0.277. The Bertz CT molecular complexity index is 135. The summed E-state index contributed by atoms with van der Waals surface area (Å²) in [6.45, 7) is 4.96. The van der Waals surface area contributed by atoms with Gasteiger partial charge in [-0.25, -0.2) is 5.84 Å². The number of nitrogens with two attached hydrogens (primary N) is 2. The lowest BCUT2D eigenvalue weighted by molar-refractivity contribution is 0.384. The Balaban J connectivity index is 3.90. The fourth-order valence-corrected chi connectivity index (χ4v) is 1.13. The minimum Gasteiger partial charge on any atom is -0.321 e. The lowest BCUT2D eigenvalue weighted by Crippen LogP contribution is -2.38. The van der Waals surface area contributed by atoms with Gasteiger partial charge in [-0.3, -0.25) is 5.01 Å². The molecule has 0 saturated carbocycles. The van der Waals surface area contributed by atoms with Crippen LogP contribution in [0, 0.1) is 5.92 Å². The minimum atomic E-state index is 0.517. The highest BCUT2D eigenvalue weighted by molar-refractivity contribution is 8.13. The molecule has 0 fully saturated rings. The second kappa shape index (κ2) is 5.26. The van der Waals surface area contributed by atoms with Crippen molar-refractivity contribution in [3.63, 3.8) is 0 Å². The smallest absolute Gasteiger partial charge is 0.196 e. The van der Waals surface area contributed by atoms with Crippen molar-refractivity contribution >= 4 is 16.9 Å². The van der Waals surface area contributed by atoms with E-state index in [-0.39, 0.29) is 0 Å². The molecule has 0 rings (SSSR count). The van der Waals surface area contributed by atoms with Gasteiger partial charge in [0.2, 0.25) is 0 Å². The minimum absolute atomic E-state index is 0.517. The van der Waals surface area contributed by atoms with Crippen LogP contribution in [0.1, 0.15) is 13.8 Å². The first-order valence-electron chi connectivity index (χ1n) is 3.46. The first-order valence-corrected chi connectivity index (χ1v) is 4.68. The molecule has 0 aromatic rings. The molecule has 0 unspecified atom stereocenters. The normalized spacial score (nSPS) is 12.3. The first kappa shape index (κ1) is 10.6. The Kier molecular flexibility index (Phi) is 5.06. The van der Waals surface area contributed by atoms with Crippen molar-refractivity contribution in [2.45, 2.75) is 13.8 Å². The highest BCUT2D eigenvalue weighted by Crippen LogP contribution is 2.02. The Morgan fingerprint density at radius 1 is 1.64 bits per heavy atom. The number of thioether (sulfide) groups is 1. The van der Waals surface area contributed by atoms with E-state index in [4.69, 9.17) is 11.7 Å². The second-order valence-corrected chi connectivity index (χ2v) is 3.44. The van der Waals surface area contributed by atoms with Gasteiger partial charge in [-0.2, -0.15) is 5.10 Å². The molecule has 0 spiro atoms. The maximum atomic E-state index is 5.64. The van der Waals surface area contributed by atoms with E-state index < -0.39 is 0 Å². The van der Waals surface area contributed by atoms with Gasteiger partial charge < -0.3 is 5.84 Å². The maximum Gasteiger partial charge on any atom is 0.196 e. The number of rotatable bonds is 2. The van der Waals surface area contributed by atoms with Gasteiger partial charge in [-0.05, 0) is 12.2 Å². The van der Waals surface area contributed by atoms with Crippen molar-refractivity contribution in [2.75, 3.05) is 12.8 Å². The summed E-state index contributed by atoms with van der Waals surface area (Å²) >= 11 is 1.45. The van der Waals surface area contributed by atoms with Gasteiger partial charge >= 0.3 is 0 Å². The number of hydrazone groups is 1. The largest absolute Gasteiger partial charge is 0.321 e. The topological polar surface area (TPSA) is 67.6 Å². The van der Waals surface area contributed by atoms with Crippen LogP contribution < -0.4 is 11.7 Å². The van der Waals surface area contributed by atoms with Crippen molar-refractivity contribution in [3.8, 4) is 0 Å². The van der Waals surface area contributed by atoms with E-state index in [0.29, 0.717) is 11.1 Å². The van der Waals surface area contributed by atoms with Gasteiger partial charge in [0.15, 0.2) is 5.17 Å². The maximum absolute atomic E-state index is 5.64. The summed E-state index contributed by atoms with van der Waals surface area (Å²) in [5.74, 6) is 11.3. The molecule has 0 radical (unpaired) electrons. The summed E-state index contributed by atoms with van der Waals surface area (Å²) in [5.41, 5.74) is 0. The molecule has 0 atom stereocenters. The number of hydrazine groups is 1. The SMILES string of the molecule is CS/C(=N/N)N(N)CC(C)C. The van der Waals surface area contributed by atoms with E-state index >= 15 is 0 Å². The van der Waals surface area contributed by atoms with Crippen LogP contribution in [0.4, 0.5) is 0 Å².